The zero-order chi connectivity index (χ0) is 13.6. The van der Waals surface area contributed by atoms with Gasteiger partial charge in [0, 0.05) is 20.1 Å². The minimum atomic E-state index is 0.0533. The predicted octanol–water partition coefficient (Wildman–Crippen LogP) is 1.51. The van der Waals surface area contributed by atoms with Crippen LogP contribution in [0.1, 0.15) is 25.7 Å². The zero-order valence-corrected chi connectivity index (χ0v) is 11.7. The molecule has 1 saturated carbocycles. The van der Waals surface area contributed by atoms with E-state index in [1.54, 1.807) is 11.0 Å². The Labute approximate surface area is 117 Å². The number of morpholine rings is 1. The molecule has 0 atom stereocenters. The van der Waals surface area contributed by atoms with E-state index in [9.17, 15) is 0 Å². The van der Waals surface area contributed by atoms with Crippen molar-refractivity contribution in [2.75, 3.05) is 24.6 Å². The first-order chi connectivity index (χ1) is 9.77. The Kier molecular flexibility index (Phi) is 2.66. The molecule has 2 aromatic heterocycles. The van der Waals surface area contributed by atoms with Gasteiger partial charge in [0.15, 0.2) is 5.65 Å². The van der Waals surface area contributed by atoms with Crippen LogP contribution in [-0.4, -0.2) is 45.0 Å². The summed E-state index contributed by atoms with van der Waals surface area (Å²) in [4.78, 5) is 11.2. The molecule has 0 radical (unpaired) electrons. The Morgan fingerprint density at radius 3 is 2.95 bits per heavy atom. The van der Waals surface area contributed by atoms with Crippen LogP contribution in [0.25, 0.3) is 11.0 Å². The van der Waals surface area contributed by atoms with Gasteiger partial charge in [0.25, 0.3) is 0 Å². The molecule has 1 aliphatic heterocycles. The highest BCUT2D eigenvalue weighted by Gasteiger charge is 2.40. The van der Waals surface area contributed by atoms with Crippen LogP contribution >= 0.6 is 0 Å². The average Bonchev–Trinajstić information content (AvgIpc) is 3.07. The number of anilines is 1. The summed E-state index contributed by atoms with van der Waals surface area (Å²) in [5.41, 5.74) is 0.944. The Bertz CT molecular complexity index is 632. The van der Waals surface area contributed by atoms with Crippen molar-refractivity contribution in [3.63, 3.8) is 0 Å². The second-order valence-electron chi connectivity index (χ2n) is 5.86. The van der Waals surface area contributed by atoms with Crippen molar-refractivity contribution < 1.29 is 4.74 Å². The van der Waals surface area contributed by atoms with Crippen LogP contribution in [0.5, 0.6) is 0 Å². The number of fused-ring (bicyclic) bond motifs is 1. The standard InChI is InChI=1S/C14H19N5O/c1-18-12-11(8-17-18)13(16-10-15-12)19-6-7-20-14(9-19)4-2-3-5-14/h8,10H,2-7,9H2,1H3. The van der Waals surface area contributed by atoms with E-state index < -0.39 is 0 Å². The van der Waals surface area contributed by atoms with E-state index in [-0.39, 0.29) is 5.60 Å². The molecule has 2 aromatic rings. The van der Waals surface area contributed by atoms with Gasteiger partial charge in [0.05, 0.1) is 23.8 Å². The van der Waals surface area contributed by atoms with E-state index in [4.69, 9.17) is 4.74 Å². The minimum Gasteiger partial charge on any atom is -0.371 e. The van der Waals surface area contributed by atoms with Crippen molar-refractivity contribution in [3.8, 4) is 0 Å². The summed E-state index contributed by atoms with van der Waals surface area (Å²) in [5, 5.41) is 5.33. The fourth-order valence-corrected chi connectivity index (χ4v) is 3.55. The number of hydrogen-bond donors (Lipinski definition) is 0. The molecule has 2 aliphatic rings. The molecular weight excluding hydrogens is 254 g/mol. The predicted molar refractivity (Wildman–Crippen MR) is 75.7 cm³/mol. The molecule has 6 nitrogen and oxygen atoms in total. The number of ether oxygens (including phenoxy) is 1. The van der Waals surface area contributed by atoms with Gasteiger partial charge in [0.1, 0.15) is 12.1 Å². The maximum atomic E-state index is 6.09. The summed E-state index contributed by atoms with van der Waals surface area (Å²) >= 11 is 0. The summed E-state index contributed by atoms with van der Waals surface area (Å²) in [5.74, 6) is 0.998. The second-order valence-corrected chi connectivity index (χ2v) is 5.86. The normalized spacial score (nSPS) is 21.9. The minimum absolute atomic E-state index is 0.0533. The summed E-state index contributed by atoms with van der Waals surface area (Å²) in [7, 11) is 1.91. The molecule has 1 saturated heterocycles. The SMILES string of the molecule is Cn1ncc2c(N3CCOC4(CCCC4)C3)ncnc21. The monoisotopic (exact) mass is 273 g/mol. The number of aromatic nitrogens is 4. The van der Waals surface area contributed by atoms with Crippen molar-refractivity contribution in [3.05, 3.63) is 12.5 Å². The molecule has 0 N–H and O–H groups in total. The van der Waals surface area contributed by atoms with Crippen LogP contribution in [-0.2, 0) is 11.8 Å². The highest BCUT2D eigenvalue weighted by Crippen LogP contribution is 2.37. The third kappa shape index (κ3) is 1.78. The van der Waals surface area contributed by atoms with E-state index in [2.05, 4.69) is 20.0 Å². The smallest absolute Gasteiger partial charge is 0.163 e. The maximum absolute atomic E-state index is 6.09. The van der Waals surface area contributed by atoms with E-state index in [0.717, 1.165) is 36.5 Å². The van der Waals surface area contributed by atoms with Gasteiger partial charge in [-0.3, -0.25) is 4.68 Å². The van der Waals surface area contributed by atoms with Crippen molar-refractivity contribution in [2.45, 2.75) is 31.3 Å². The summed E-state index contributed by atoms with van der Waals surface area (Å²) in [6, 6.07) is 0. The second kappa shape index (κ2) is 4.41. The lowest BCUT2D eigenvalue weighted by molar-refractivity contribution is -0.0502. The molecule has 2 fully saturated rings. The highest BCUT2D eigenvalue weighted by atomic mass is 16.5. The lowest BCUT2D eigenvalue weighted by Gasteiger charge is -2.41. The van der Waals surface area contributed by atoms with E-state index in [0.29, 0.717) is 0 Å². The van der Waals surface area contributed by atoms with Gasteiger partial charge in [0.2, 0.25) is 0 Å². The van der Waals surface area contributed by atoms with Crippen LogP contribution in [0.15, 0.2) is 12.5 Å². The van der Waals surface area contributed by atoms with Crippen molar-refractivity contribution in [2.24, 2.45) is 7.05 Å². The molecule has 0 unspecified atom stereocenters. The van der Waals surface area contributed by atoms with Gasteiger partial charge in [-0.2, -0.15) is 5.10 Å². The third-order valence-corrected chi connectivity index (χ3v) is 4.57. The number of aryl methyl sites for hydroxylation is 1. The van der Waals surface area contributed by atoms with Gasteiger partial charge in [-0.15, -0.1) is 0 Å². The van der Waals surface area contributed by atoms with E-state index in [1.807, 2.05) is 13.2 Å². The first-order valence-corrected chi connectivity index (χ1v) is 7.29. The largest absolute Gasteiger partial charge is 0.371 e. The van der Waals surface area contributed by atoms with E-state index in [1.165, 1.54) is 25.7 Å². The lowest BCUT2D eigenvalue weighted by Crippen LogP contribution is -2.50. The average molecular weight is 273 g/mol. The molecule has 6 heteroatoms. The van der Waals surface area contributed by atoms with E-state index >= 15 is 0 Å². The van der Waals surface area contributed by atoms with Crippen LogP contribution in [0, 0.1) is 0 Å². The fourth-order valence-electron chi connectivity index (χ4n) is 3.55. The van der Waals surface area contributed by atoms with Gasteiger partial charge < -0.3 is 9.64 Å². The van der Waals surface area contributed by atoms with Crippen LogP contribution in [0.2, 0.25) is 0 Å². The van der Waals surface area contributed by atoms with Gasteiger partial charge in [-0.05, 0) is 12.8 Å². The quantitative estimate of drug-likeness (QED) is 0.788. The van der Waals surface area contributed by atoms with Crippen molar-refractivity contribution >= 4 is 16.9 Å². The molecule has 1 spiro atoms. The molecule has 106 valence electrons. The molecule has 1 aliphatic carbocycles. The zero-order valence-electron chi connectivity index (χ0n) is 11.7. The maximum Gasteiger partial charge on any atom is 0.163 e. The third-order valence-electron chi connectivity index (χ3n) is 4.57. The molecule has 3 heterocycles. The first kappa shape index (κ1) is 12.1. The van der Waals surface area contributed by atoms with Crippen LogP contribution in [0.3, 0.4) is 0 Å². The van der Waals surface area contributed by atoms with Crippen LogP contribution in [0.4, 0.5) is 5.82 Å². The molecule has 4 rings (SSSR count). The Hall–Kier alpha value is -1.69. The Morgan fingerprint density at radius 2 is 2.10 bits per heavy atom. The Balaban J connectivity index is 1.71. The van der Waals surface area contributed by atoms with Crippen molar-refractivity contribution in [1.29, 1.82) is 0 Å². The molecular formula is C14H19N5O. The summed E-state index contributed by atoms with van der Waals surface area (Å²) < 4.78 is 7.89. The van der Waals surface area contributed by atoms with Gasteiger partial charge in [-0.25, -0.2) is 9.97 Å². The number of hydrogen-bond acceptors (Lipinski definition) is 5. The fraction of sp³-hybridized carbons (Fsp3) is 0.643. The molecule has 0 bridgehead atoms. The lowest BCUT2D eigenvalue weighted by atomic mass is 9.99. The number of nitrogens with zero attached hydrogens (tertiary/aromatic N) is 5. The van der Waals surface area contributed by atoms with Gasteiger partial charge >= 0.3 is 0 Å². The summed E-state index contributed by atoms with van der Waals surface area (Å²) in [6.45, 7) is 2.61. The van der Waals surface area contributed by atoms with Crippen molar-refractivity contribution in [1.82, 2.24) is 19.7 Å². The topological polar surface area (TPSA) is 56.1 Å². The first-order valence-electron chi connectivity index (χ1n) is 7.29. The molecule has 0 amide bonds. The Morgan fingerprint density at radius 1 is 1.25 bits per heavy atom. The summed E-state index contributed by atoms with van der Waals surface area (Å²) in [6.07, 6.45) is 8.40. The number of rotatable bonds is 1. The molecule has 0 aromatic carbocycles. The van der Waals surface area contributed by atoms with Crippen LogP contribution < -0.4 is 4.90 Å². The van der Waals surface area contributed by atoms with Gasteiger partial charge in [-0.1, -0.05) is 12.8 Å². The molecule has 20 heavy (non-hydrogen) atoms. The highest BCUT2D eigenvalue weighted by molar-refractivity contribution is 5.86.